The molecule has 1 saturated carbocycles. The Morgan fingerprint density at radius 3 is 2.26 bits per heavy atom. The third kappa shape index (κ3) is 8.59. The van der Waals surface area contributed by atoms with Crippen molar-refractivity contribution < 1.29 is 23.9 Å². The van der Waals surface area contributed by atoms with Crippen molar-refractivity contribution >= 4 is 18.0 Å². The van der Waals surface area contributed by atoms with Gasteiger partial charge in [0.1, 0.15) is 18.2 Å². The molecule has 31 heavy (non-hydrogen) atoms. The standard InChI is InChI=1S/C24H36N2O5/c1-17(2)14-19(21(28)30-16-18-10-7-6-8-11-18)25-20(27)15-24(12-9-13-24)26-22(29)31-23(3,4)5/h6-8,10-11,17,19H,9,12-16H2,1-5H3,(H,25,27)(H,26,29). The van der Waals surface area contributed by atoms with E-state index in [-0.39, 0.29) is 24.9 Å². The quantitative estimate of drug-likeness (QED) is 0.573. The van der Waals surface area contributed by atoms with Gasteiger partial charge in [0, 0.05) is 6.42 Å². The molecule has 0 saturated heterocycles. The molecule has 172 valence electrons. The average molecular weight is 433 g/mol. The van der Waals surface area contributed by atoms with Crippen molar-refractivity contribution in [1.82, 2.24) is 10.6 Å². The molecule has 0 spiro atoms. The molecule has 0 aromatic heterocycles. The maximum Gasteiger partial charge on any atom is 0.408 e. The molecule has 1 aromatic carbocycles. The number of carbonyl (C=O) groups excluding carboxylic acids is 3. The third-order valence-corrected chi connectivity index (χ3v) is 5.13. The number of nitrogens with one attached hydrogen (secondary N) is 2. The van der Waals surface area contributed by atoms with Crippen molar-refractivity contribution in [3.8, 4) is 0 Å². The van der Waals surface area contributed by atoms with E-state index in [1.165, 1.54) is 0 Å². The van der Waals surface area contributed by atoms with Crippen LogP contribution in [0, 0.1) is 5.92 Å². The fourth-order valence-electron chi connectivity index (χ4n) is 3.54. The van der Waals surface area contributed by atoms with E-state index >= 15 is 0 Å². The summed E-state index contributed by atoms with van der Waals surface area (Å²) < 4.78 is 10.8. The van der Waals surface area contributed by atoms with Crippen LogP contribution < -0.4 is 10.6 Å². The molecule has 2 rings (SSSR count). The average Bonchev–Trinajstić information content (AvgIpc) is 2.62. The van der Waals surface area contributed by atoms with Crippen LogP contribution in [0.15, 0.2) is 30.3 Å². The molecule has 1 aliphatic rings. The van der Waals surface area contributed by atoms with Gasteiger partial charge in [-0.1, -0.05) is 44.2 Å². The molecule has 1 aromatic rings. The number of benzene rings is 1. The van der Waals surface area contributed by atoms with E-state index in [9.17, 15) is 14.4 Å². The molecule has 0 bridgehead atoms. The molecule has 1 aliphatic carbocycles. The highest BCUT2D eigenvalue weighted by atomic mass is 16.6. The Labute approximate surface area is 185 Å². The van der Waals surface area contributed by atoms with Crippen molar-refractivity contribution in [2.45, 2.75) is 90.5 Å². The van der Waals surface area contributed by atoms with E-state index in [2.05, 4.69) is 10.6 Å². The van der Waals surface area contributed by atoms with Crippen molar-refractivity contribution in [3.05, 3.63) is 35.9 Å². The first-order chi connectivity index (χ1) is 14.5. The summed E-state index contributed by atoms with van der Waals surface area (Å²) in [4.78, 5) is 37.6. The van der Waals surface area contributed by atoms with Crippen molar-refractivity contribution in [1.29, 1.82) is 0 Å². The van der Waals surface area contributed by atoms with Crippen LogP contribution in [0.3, 0.4) is 0 Å². The zero-order valence-electron chi connectivity index (χ0n) is 19.3. The van der Waals surface area contributed by atoms with Gasteiger partial charge in [-0.3, -0.25) is 4.79 Å². The van der Waals surface area contributed by atoms with Crippen LogP contribution in [0.25, 0.3) is 0 Å². The van der Waals surface area contributed by atoms with Crippen LogP contribution in [0.2, 0.25) is 0 Å². The van der Waals surface area contributed by atoms with Crippen LogP contribution in [0.5, 0.6) is 0 Å². The minimum Gasteiger partial charge on any atom is -0.459 e. The summed E-state index contributed by atoms with van der Waals surface area (Å²) >= 11 is 0. The summed E-state index contributed by atoms with van der Waals surface area (Å²) in [6.07, 6.45) is 2.39. The minimum absolute atomic E-state index is 0.104. The van der Waals surface area contributed by atoms with E-state index in [4.69, 9.17) is 9.47 Å². The van der Waals surface area contributed by atoms with E-state index in [0.717, 1.165) is 12.0 Å². The Kier molecular flexibility index (Phi) is 8.48. The molecule has 2 amide bonds. The SMILES string of the molecule is CC(C)CC(NC(=O)CC1(NC(=O)OC(C)(C)C)CCC1)C(=O)OCc1ccccc1. The predicted octanol–water partition coefficient (Wildman–Crippen LogP) is 4.10. The van der Waals surface area contributed by atoms with Crippen molar-refractivity contribution in [2.75, 3.05) is 0 Å². The van der Waals surface area contributed by atoms with Gasteiger partial charge in [0.05, 0.1) is 5.54 Å². The fourth-order valence-corrected chi connectivity index (χ4v) is 3.54. The maximum absolute atomic E-state index is 12.8. The number of esters is 1. The summed E-state index contributed by atoms with van der Waals surface area (Å²) in [5.41, 5.74) is -0.342. The third-order valence-electron chi connectivity index (χ3n) is 5.13. The molecule has 2 N–H and O–H groups in total. The number of amides is 2. The topological polar surface area (TPSA) is 93.7 Å². The van der Waals surface area contributed by atoms with E-state index in [0.29, 0.717) is 19.3 Å². The van der Waals surface area contributed by atoms with Crippen molar-refractivity contribution in [2.24, 2.45) is 5.92 Å². The number of carbonyl (C=O) groups is 3. The second-order valence-electron chi connectivity index (χ2n) is 9.78. The molecule has 1 unspecified atom stereocenters. The lowest BCUT2D eigenvalue weighted by Crippen LogP contribution is -2.57. The molecule has 7 heteroatoms. The van der Waals surface area contributed by atoms with Gasteiger partial charge >= 0.3 is 12.1 Å². The number of ether oxygens (including phenoxy) is 2. The lowest BCUT2D eigenvalue weighted by Gasteiger charge is -2.42. The summed E-state index contributed by atoms with van der Waals surface area (Å²) in [7, 11) is 0. The molecule has 1 fully saturated rings. The minimum atomic E-state index is -0.727. The largest absolute Gasteiger partial charge is 0.459 e. The molecule has 0 heterocycles. The van der Waals surface area contributed by atoms with Crippen LogP contribution in [-0.2, 0) is 25.7 Å². The number of alkyl carbamates (subject to hydrolysis) is 1. The molecule has 0 radical (unpaired) electrons. The zero-order valence-corrected chi connectivity index (χ0v) is 19.3. The lowest BCUT2D eigenvalue weighted by molar-refractivity contribution is -0.150. The number of hydrogen-bond donors (Lipinski definition) is 2. The van der Waals surface area contributed by atoms with Gasteiger partial charge in [-0.25, -0.2) is 9.59 Å². The maximum atomic E-state index is 12.8. The van der Waals surface area contributed by atoms with Crippen LogP contribution in [0.1, 0.15) is 72.3 Å². The van der Waals surface area contributed by atoms with Crippen LogP contribution in [0.4, 0.5) is 4.79 Å². The Balaban J connectivity index is 1.94. The molecule has 7 nitrogen and oxygen atoms in total. The highest BCUT2D eigenvalue weighted by Crippen LogP contribution is 2.35. The first kappa shape index (κ1) is 24.7. The van der Waals surface area contributed by atoms with Crippen molar-refractivity contribution in [3.63, 3.8) is 0 Å². The van der Waals surface area contributed by atoms with Gasteiger partial charge in [0.2, 0.25) is 5.91 Å². The summed E-state index contributed by atoms with van der Waals surface area (Å²) in [6, 6.07) is 8.69. The molecular weight excluding hydrogens is 396 g/mol. The molecule has 0 aliphatic heterocycles. The predicted molar refractivity (Wildman–Crippen MR) is 118 cm³/mol. The smallest absolute Gasteiger partial charge is 0.408 e. The molecular formula is C24H36N2O5. The summed E-state index contributed by atoms with van der Waals surface area (Å²) in [5.74, 6) is -0.529. The fraction of sp³-hybridized carbons (Fsp3) is 0.625. The van der Waals surface area contributed by atoms with E-state index in [1.54, 1.807) is 20.8 Å². The van der Waals surface area contributed by atoms with Gasteiger partial charge in [0.15, 0.2) is 0 Å². The highest BCUT2D eigenvalue weighted by Gasteiger charge is 2.42. The lowest BCUT2D eigenvalue weighted by atomic mass is 9.74. The Morgan fingerprint density at radius 1 is 1.10 bits per heavy atom. The zero-order chi connectivity index (χ0) is 23.1. The van der Waals surface area contributed by atoms with Crippen LogP contribution >= 0.6 is 0 Å². The Bertz CT molecular complexity index is 751. The first-order valence-corrected chi connectivity index (χ1v) is 11.0. The van der Waals surface area contributed by atoms with Gasteiger partial charge < -0.3 is 20.1 Å². The van der Waals surface area contributed by atoms with Gasteiger partial charge in [0.25, 0.3) is 0 Å². The van der Waals surface area contributed by atoms with E-state index < -0.39 is 29.2 Å². The first-order valence-electron chi connectivity index (χ1n) is 11.0. The van der Waals surface area contributed by atoms with E-state index in [1.807, 2.05) is 44.2 Å². The molecule has 1 atom stereocenters. The van der Waals surface area contributed by atoms with Gasteiger partial charge in [-0.15, -0.1) is 0 Å². The Morgan fingerprint density at radius 2 is 1.74 bits per heavy atom. The second kappa shape index (κ2) is 10.6. The van der Waals surface area contributed by atoms with Gasteiger partial charge in [-0.2, -0.15) is 0 Å². The highest BCUT2D eigenvalue weighted by molar-refractivity contribution is 5.85. The van der Waals surface area contributed by atoms with Gasteiger partial charge in [-0.05, 0) is 57.9 Å². The summed E-state index contributed by atoms with van der Waals surface area (Å²) in [5, 5.41) is 5.69. The number of rotatable bonds is 9. The normalized spacial score (nSPS) is 16.1. The number of hydrogen-bond acceptors (Lipinski definition) is 5. The Hall–Kier alpha value is -2.57. The van der Waals surface area contributed by atoms with Crippen LogP contribution in [-0.4, -0.2) is 35.2 Å². The second-order valence-corrected chi connectivity index (χ2v) is 9.78. The summed E-state index contributed by atoms with van der Waals surface area (Å²) in [6.45, 7) is 9.52. The monoisotopic (exact) mass is 432 g/mol.